The lowest BCUT2D eigenvalue weighted by Crippen LogP contribution is -2.32. The first-order valence-electron chi connectivity index (χ1n) is 6.14. The van der Waals surface area contributed by atoms with E-state index in [1.807, 2.05) is 13.8 Å². The van der Waals surface area contributed by atoms with Crippen molar-refractivity contribution in [2.75, 3.05) is 11.9 Å². The van der Waals surface area contributed by atoms with Gasteiger partial charge in [0.2, 0.25) is 0 Å². The lowest BCUT2D eigenvalue weighted by molar-refractivity contribution is 0.305. The van der Waals surface area contributed by atoms with Crippen molar-refractivity contribution in [1.29, 1.82) is 0 Å². The molecule has 1 aromatic carbocycles. The molecule has 0 unspecified atom stereocenters. The average molecular weight is 350 g/mol. The summed E-state index contributed by atoms with van der Waals surface area (Å²) in [5, 5.41) is 14.6. The van der Waals surface area contributed by atoms with Crippen LogP contribution in [0.2, 0.25) is 0 Å². The Morgan fingerprint density at radius 2 is 2.10 bits per heavy atom. The number of oxime groups is 1. The molecule has 7 heteroatoms. The second kappa shape index (κ2) is 6.88. The summed E-state index contributed by atoms with van der Waals surface area (Å²) < 4.78 is 26.8. The van der Waals surface area contributed by atoms with Crippen molar-refractivity contribution >= 4 is 27.5 Å². The van der Waals surface area contributed by atoms with Crippen molar-refractivity contribution in [3.05, 3.63) is 28.2 Å². The number of hydrogen-bond donors (Lipinski definition) is 3. The van der Waals surface area contributed by atoms with Gasteiger partial charge >= 0.3 is 0 Å². The highest BCUT2D eigenvalue weighted by Gasteiger charge is 2.22. The maximum absolute atomic E-state index is 13.6. The zero-order valence-corrected chi connectivity index (χ0v) is 13.0. The molecule has 0 aliphatic heterocycles. The van der Waals surface area contributed by atoms with Crippen molar-refractivity contribution in [1.82, 2.24) is 0 Å². The van der Waals surface area contributed by atoms with Gasteiger partial charge in [-0.05, 0) is 34.8 Å². The molecule has 4 N–H and O–H groups in total. The molecule has 0 spiro atoms. The second-order valence-corrected chi connectivity index (χ2v) is 6.00. The van der Waals surface area contributed by atoms with Gasteiger partial charge in [0, 0.05) is 22.5 Å². The van der Waals surface area contributed by atoms with E-state index in [2.05, 4.69) is 26.4 Å². The zero-order valence-electron chi connectivity index (χ0n) is 11.4. The Morgan fingerprint density at radius 1 is 1.45 bits per heavy atom. The Kier molecular flexibility index (Phi) is 5.74. The van der Waals surface area contributed by atoms with Crippen LogP contribution in [0.5, 0.6) is 0 Å². The normalized spacial score (nSPS) is 12.6. The molecule has 1 aromatic rings. The smallest absolute Gasteiger partial charge is 0.150 e. The van der Waals surface area contributed by atoms with Gasteiger partial charge in [0.15, 0.2) is 0 Å². The predicted molar refractivity (Wildman–Crippen MR) is 79.0 cm³/mol. The Hall–Kier alpha value is -1.37. The molecular formula is C13H18BrF2N3O. The first-order chi connectivity index (χ1) is 9.27. The van der Waals surface area contributed by atoms with Crippen LogP contribution >= 0.6 is 15.9 Å². The van der Waals surface area contributed by atoms with E-state index in [0.717, 1.165) is 6.07 Å². The SMILES string of the molecule is CC(C)(CCCNc1c(F)cc(F)cc1Br)C(N)=NO. The molecule has 0 aromatic heterocycles. The summed E-state index contributed by atoms with van der Waals surface area (Å²) >= 11 is 3.11. The molecule has 0 amide bonds. The van der Waals surface area contributed by atoms with Gasteiger partial charge in [-0.1, -0.05) is 19.0 Å². The van der Waals surface area contributed by atoms with Crippen molar-refractivity contribution in [2.45, 2.75) is 26.7 Å². The summed E-state index contributed by atoms with van der Waals surface area (Å²) in [6.45, 7) is 4.20. The molecule has 4 nitrogen and oxygen atoms in total. The number of rotatable bonds is 6. The number of nitrogens with zero attached hydrogens (tertiary/aromatic N) is 1. The highest BCUT2D eigenvalue weighted by Crippen LogP contribution is 2.27. The molecule has 0 aliphatic rings. The average Bonchev–Trinajstić information content (AvgIpc) is 2.35. The molecule has 0 radical (unpaired) electrons. The molecule has 1 rings (SSSR count). The van der Waals surface area contributed by atoms with Gasteiger partial charge in [0.05, 0.1) is 5.69 Å². The minimum absolute atomic E-state index is 0.159. The number of nitrogens with one attached hydrogen (secondary N) is 1. The fraction of sp³-hybridized carbons (Fsp3) is 0.462. The second-order valence-electron chi connectivity index (χ2n) is 5.14. The van der Waals surface area contributed by atoms with E-state index in [9.17, 15) is 8.78 Å². The van der Waals surface area contributed by atoms with E-state index in [1.54, 1.807) is 0 Å². The monoisotopic (exact) mass is 349 g/mol. The molecular weight excluding hydrogens is 332 g/mol. The molecule has 0 fully saturated rings. The summed E-state index contributed by atoms with van der Waals surface area (Å²) in [7, 11) is 0. The van der Waals surface area contributed by atoms with Crippen LogP contribution in [0.25, 0.3) is 0 Å². The Morgan fingerprint density at radius 3 is 2.65 bits per heavy atom. The van der Waals surface area contributed by atoms with E-state index in [-0.39, 0.29) is 11.5 Å². The van der Waals surface area contributed by atoms with E-state index in [0.29, 0.717) is 23.9 Å². The Labute approximate surface area is 125 Å². The van der Waals surface area contributed by atoms with Crippen LogP contribution in [0.3, 0.4) is 0 Å². The summed E-state index contributed by atoms with van der Waals surface area (Å²) in [6, 6.07) is 2.03. The quantitative estimate of drug-likeness (QED) is 0.241. The summed E-state index contributed by atoms with van der Waals surface area (Å²) in [6.07, 6.45) is 1.35. The van der Waals surface area contributed by atoms with Crippen LogP contribution in [0.4, 0.5) is 14.5 Å². The van der Waals surface area contributed by atoms with Gasteiger partial charge in [0.25, 0.3) is 0 Å². The highest BCUT2D eigenvalue weighted by atomic mass is 79.9. The molecule has 0 atom stereocenters. The van der Waals surface area contributed by atoms with Crippen LogP contribution in [0.15, 0.2) is 21.8 Å². The lowest BCUT2D eigenvalue weighted by Gasteiger charge is -2.22. The van der Waals surface area contributed by atoms with Crippen LogP contribution < -0.4 is 11.1 Å². The number of benzene rings is 1. The van der Waals surface area contributed by atoms with Crippen LogP contribution in [-0.4, -0.2) is 17.6 Å². The van der Waals surface area contributed by atoms with Crippen molar-refractivity contribution < 1.29 is 14.0 Å². The number of amidine groups is 1. The third-order valence-corrected chi connectivity index (χ3v) is 3.71. The number of hydrogen-bond acceptors (Lipinski definition) is 3. The largest absolute Gasteiger partial charge is 0.409 e. The fourth-order valence-electron chi connectivity index (χ4n) is 1.72. The van der Waals surface area contributed by atoms with Crippen molar-refractivity contribution in [3.8, 4) is 0 Å². The lowest BCUT2D eigenvalue weighted by atomic mass is 9.86. The van der Waals surface area contributed by atoms with Gasteiger partial charge in [-0.2, -0.15) is 0 Å². The first-order valence-corrected chi connectivity index (χ1v) is 6.93. The number of nitrogens with two attached hydrogens (primary N) is 1. The maximum atomic E-state index is 13.6. The summed E-state index contributed by atoms with van der Waals surface area (Å²) in [5.41, 5.74) is 5.37. The van der Waals surface area contributed by atoms with Crippen LogP contribution in [0, 0.1) is 17.0 Å². The molecule has 0 aliphatic carbocycles. The Bertz CT molecular complexity index is 483. The van der Waals surface area contributed by atoms with E-state index in [1.165, 1.54) is 6.07 Å². The molecule has 112 valence electrons. The van der Waals surface area contributed by atoms with Crippen molar-refractivity contribution in [3.63, 3.8) is 0 Å². The van der Waals surface area contributed by atoms with Crippen LogP contribution in [-0.2, 0) is 0 Å². The molecule has 0 saturated carbocycles. The standard InChI is InChI=1S/C13H18BrF2N3O/c1-13(2,12(17)19-20)4-3-5-18-11-9(14)6-8(15)7-10(11)16/h6-7,18,20H,3-5H2,1-2H3,(H2,17,19). The number of anilines is 1. The van der Waals surface area contributed by atoms with Gasteiger partial charge in [0.1, 0.15) is 17.5 Å². The van der Waals surface area contributed by atoms with Gasteiger partial charge < -0.3 is 16.3 Å². The third kappa shape index (κ3) is 4.33. The third-order valence-electron chi connectivity index (χ3n) is 3.09. The first kappa shape index (κ1) is 16.7. The molecule has 20 heavy (non-hydrogen) atoms. The predicted octanol–water partition coefficient (Wildman–Crippen LogP) is 3.69. The topological polar surface area (TPSA) is 70.6 Å². The van der Waals surface area contributed by atoms with Crippen LogP contribution in [0.1, 0.15) is 26.7 Å². The van der Waals surface area contributed by atoms with E-state index >= 15 is 0 Å². The maximum Gasteiger partial charge on any atom is 0.150 e. The van der Waals surface area contributed by atoms with E-state index in [4.69, 9.17) is 10.9 Å². The highest BCUT2D eigenvalue weighted by molar-refractivity contribution is 9.10. The van der Waals surface area contributed by atoms with Gasteiger partial charge in [-0.25, -0.2) is 8.78 Å². The molecule has 0 heterocycles. The van der Waals surface area contributed by atoms with E-state index < -0.39 is 17.0 Å². The molecule has 0 saturated heterocycles. The van der Waals surface area contributed by atoms with Gasteiger partial charge in [-0.15, -0.1) is 0 Å². The summed E-state index contributed by atoms with van der Waals surface area (Å²) in [5.74, 6) is -1.12. The van der Waals surface area contributed by atoms with Crippen molar-refractivity contribution in [2.24, 2.45) is 16.3 Å². The minimum atomic E-state index is -0.646. The minimum Gasteiger partial charge on any atom is -0.409 e. The number of halogens is 3. The zero-order chi connectivity index (χ0) is 15.3. The van der Waals surface area contributed by atoms with Gasteiger partial charge in [-0.3, -0.25) is 0 Å². The molecule has 0 bridgehead atoms. The summed E-state index contributed by atoms with van der Waals surface area (Å²) in [4.78, 5) is 0. The fourth-order valence-corrected chi connectivity index (χ4v) is 2.27. The Balaban J connectivity index is 2.54.